The van der Waals surface area contributed by atoms with Gasteiger partial charge in [0.1, 0.15) is 5.82 Å². The summed E-state index contributed by atoms with van der Waals surface area (Å²) in [6, 6.07) is 0. The third kappa shape index (κ3) is 1.62. The minimum atomic E-state index is -4.41. The highest BCUT2D eigenvalue weighted by Crippen LogP contribution is 2.29. The Morgan fingerprint density at radius 1 is 1.21 bits per heavy atom. The summed E-state index contributed by atoms with van der Waals surface area (Å²) in [6.07, 6.45) is -4.41. The number of halogens is 3. The Labute approximate surface area is 80.4 Å². The molecule has 1 aromatic rings. The zero-order valence-electron chi connectivity index (χ0n) is 7.12. The molecule has 2 rings (SSSR count). The van der Waals surface area contributed by atoms with Crippen LogP contribution in [0.15, 0.2) is 0 Å². The standard InChI is InChI=1S/C6H8F3N4P/c7-6(8,9)5-11-10-4-3-12(14)1-2-13(4)5/h1-3,14H2. The van der Waals surface area contributed by atoms with E-state index in [0.717, 1.165) is 4.57 Å². The lowest BCUT2D eigenvalue weighted by molar-refractivity contribution is -0.147. The molecule has 78 valence electrons. The van der Waals surface area contributed by atoms with Crippen LogP contribution in [0.3, 0.4) is 0 Å². The molecule has 0 saturated carbocycles. The Morgan fingerprint density at radius 3 is 2.57 bits per heavy atom. The lowest BCUT2D eigenvalue weighted by Crippen LogP contribution is -2.29. The van der Waals surface area contributed by atoms with Crippen LogP contribution in [0.5, 0.6) is 0 Å². The number of alkyl halides is 3. The zero-order chi connectivity index (χ0) is 10.3. The molecule has 8 heteroatoms. The highest BCUT2D eigenvalue weighted by atomic mass is 31.0. The Kier molecular flexibility index (Phi) is 2.23. The van der Waals surface area contributed by atoms with Gasteiger partial charge >= 0.3 is 6.18 Å². The van der Waals surface area contributed by atoms with Gasteiger partial charge in [0.15, 0.2) is 0 Å². The van der Waals surface area contributed by atoms with Gasteiger partial charge in [-0.25, -0.2) is 0 Å². The Bertz CT molecular complexity index is 347. The van der Waals surface area contributed by atoms with Gasteiger partial charge in [-0.2, -0.15) is 13.2 Å². The average molecular weight is 224 g/mol. The van der Waals surface area contributed by atoms with Crippen molar-refractivity contribution in [1.29, 1.82) is 0 Å². The van der Waals surface area contributed by atoms with Crippen molar-refractivity contribution in [2.24, 2.45) is 0 Å². The van der Waals surface area contributed by atoms with Gasteiger partial charge in [0.05, 0.1) is 6.54 Å². The van der Waals surface area contributed by atoms with E-state index in [1.165, 1.54) is 0 Å². The summed E-state index contributed by atoms with van der Waals surface area (Å²) in [4.78, 5) is 0. The van der Waals surface area contributed by atoms with Crippen LogP contribution < -0.4 is 0 Å². The maximum Gasteiger partial charge on any atom is 0.451 e. The first-order valence-electron chi connectivity index (χ1n) is 3.97. The summed E-state index contributed by atoms with van der Waals surface area (Å²) in [5.41, 5.74) is 0. The summed E-state index contributed by atoms with van der Waals surface area (Å²) in [7, 11) is 2.44. The smallest absolute Gasteiger partial charge is 0.305 e. The van der Waals surface area contributed by atoms with Gasteiger partial charge < -0.3 is 4.57 Å². The van der Waals surface area contributed by atoms with E-state index in [9.17, 15) is 13.2 Å². The van der Waals surface area contributed by atoms with Crippen LogP contribution in [-0.4, -0.2) is 26.0 Å². The van der Waals surface area contributed by atoms with E-state index in [4.69, 9.17) is 0 Å². The van der Waals surface area contributed by atoms with Crippen LogP contribution in [-0.2, 0) is 19.3 Å². The molecule has 1 atom stereocenters. The fourth-order valence-electron chi connectivity index (χ4n) is 1.39. The second-order valence-corrected chi connectivity index (χ2v) is 3.79. The van der Waals surface area contributed by atoms with E-state index in [-0.39, 0.29) is 6.54 Å². The number of aromatic nitrogens is 3. The first-order valence-corrected chi connectivity index (χ1v) is 4.49. The van der Waals surface area contributed by atoms with Crippen molar-refractivity contribution in [3.63, 3.8) is 0 Å². The van der Waals surface area contributed by atoms with Gasteiger partial charge in [-0.15, -0.1) is 10.2 Å². The maximum absolute atomic E-state index is 12.4. The molecule has 1 aromatic heterocycles. The van der Waals surface area contributed by atoms with Crippen molar-refractivity contribution in [2.45, 2.75) is 19.3 Å². The minimum absolute atomic E-state index is 0.278. The monoisotopic (exact) mass is 224 g/mol. The molecule has 2 heterocycles. The summed E-state index contributed by atoms with van der Waals surface area (Å²) in [5, 5.41) is 6.67. The lowest BCUT2D eigenvalue weighted by Gasteiger charge is -2.23. The molecule has 0 bridgehead atoms. The van der Waals surface area contributed by atoms with Gasteiger partial charge in [-0.1, -0.05) is 9.39 Å². The van der Waals surface area contributed by atoms with E-state index in [0.29, 0.717) is 18.9 Å². The van der Waals surface area contributed by atoms with E-state index < -0.39 is 12.0 Å². The van der Waals surface area contributed by atoms with Crippen LogP contribution >= 0.6 is 9.39 Å². The molecule has 0 spiro atoms. The third-order valence-corrected chi connectivity index (χ3v) is 2.48. The lowest BCUT2D eigenvalue weighted by atomic mass is 10.4. The molecule has 0 N–H and O–H groups in total. The van der Waals surface area contributed by atoms with Crippen molar-refractivity contribution in [3.05, 3.63) is 11.6 Å². The minimum Gasteiger partial charge on any atom is -0.305 e. The van der Waals surface area contributed by atoms with Gasteiger partial charge in [-0.05, 0) is 0 Å². The summed E-state index contributed by atoms with van der Waals surface area (Å²) >= 11 is 0. The van der Waals surface area contributed by atoms with Gasteiger partial charge in [0, 0.05) is 13.1 Å². The van der Waals surface area contributed by atoms with E-state index in [2.05, 4.69) is 19.6 Å². The molecule has 14 heavy (non-hydrogen) atoms. The van der Waals surface area contributed by atoms with Crippen molar-refractivity contribution in [1.82, 2.24) is 19.4 Å². The number of rotatable bonds is 0. The SMILES string of the molecule is FC(F)(F)c1nnc2n1CCN(P)C2. The fourth-order valence-corrected chi connectivity index (χ4v) is 1.66. The van der Waals surface area contributed by atoms with Crippen LogP contribution in [0, 0.1) is 0 Å². The third-order valence-electron chi connectivity index (χ3n) is 2.04. The highest BCUT2D eigenvalue weighted by Gasteiger charge is 2.39. The quantitative estimate of drug-likeness (QED) is 0.614. The van der Waals surface area contributed by atoms with Crippen molar-refractivity contribution < 1.29 is 13.2 Å². The molecular weight excluding hydrogens is 216 g/mol. The van der Waals surface area contributed by atoms with E-state index in [1.54, 1.807) is 0 Å². The zero-order valence-corrected chi connectivity index (χ0v) is 8.28. The van der Waals surface area contributed by atoms with Crippen molar-refractivity contribution in [2.75, 3.05) is 6.54 Å². The molecule has 0 aromatic carbocycles. The molecule has 1 aliphatic rings. The van der Waals surface area contributed by atoms with Crippen LogP contribution in [0.25, 0.3) is 0 Å². The van der Waals surface area contributed by atoms with Gasteiger partial charge in [0.2, 0.25) is 5.82 Å². The second kappa shape index (κ2) is 3.17. The van der Waals surface area contributed by atoms with Gasteiger partial charge in [-0.3, -0.25) is 4.67 Å². The van der Waals surface area contributed by atoms with Gasteiger partial charge in [0.25, 0.3) is 0 Å². The number of fused-ring (bicyclic) bond motifs is 1. The van der Waals surface area contributed by atoms with E-state index >= 15 is 0 Å². The topological polar surface area (TPSA) is 34.0 Å². The summed E-state index contributed by atoms with van der Waals surface area (Å²) in [6.45, 7) is 1.22. The largest absolute Gasteiger partial charge is 0.451 e. The van der Waals surface area contributed by atoms with E-state index in [1.807, 2.05) is 4.67 Å². The Balaban J connectivity index is 2.38. The molecule has 1 aliphatic heterocycles. The molecule has 0 amide bonds. The highest BCUT2D eigenvalue weighted by molar-refractivity contribution is 7.13. The van der Waals surface area contributed by atoms with Crippen LogP contribution in [0.2, 0.25) is 0 Å². The predicted molar refractivity (Wildman–Crippen MR) is 45.1 cm³/mol. The number of hydrogen-bond acceptors (Lipinski definition) is 3. The molecule has 4 nitrogen and oxygen atoms in total. The van der Waals surface area contributed by atoms with Crippen LogP contribution in [0.1, 0.15) is 11.6 Å². The molecule has 0 saturated heterocycles. The first kappa shape index (κ1) is 9.86. The first-order chi connectivity index (χ1) is 6.48. The number of hydrogen-bond donors (Lipinski definition) is 0. The Hall–Kier alpha value is -0.680. The summed E-state index contributed by atoms with van der Waals surface area (Å²) < 4.78 is 40.0. The normalized spacial score (nSPS) is 18.3. The Morgan fingerprint density at radius 2 is 1.93 bits per heavy atom. The second-order valence-electron chi connectivity index (χ2n) is 3.06. The molecule has 0 radical (unpaired) electrons. The average Bonchev–Trinajstić information content (AvgIpc) is 2.45. The summed E-state index contributed by atoms with van der Waals surface area (Å²) in [5.74, 6) is -0.538. The molecule has 0 fully saturated rings. The molecular formula is C6H8F3N4P. The maximum atomic E-state index is 12.4. The van der Waals surface area contributed by atoms with Crippen molar-refractivity contribution in [3.8, 4) is 0 Å². The molecule has 1 unspecified atom stereocenters. The predicted octanol–water partition coefficient (Wildman–Crippen LogP) is 0.903. The molecule has 0 aliphatic carbocycles. The van der Waals surface area contributed by atoms with Crippen LogP contribution in [0.4, 0.5) is 13.2 Å². The van der Waals surface area contributed by atoms with Crippen molar-refractivity contribution >= 4 is 9.39 Å². The fraction of sp³-hybridized carbons (Fsp3) is 0.667. The number of nitrogens with zero attached hydrogens (tertiary/aromatic N) is 4.